The molecule has 18 heavy (non-hydrogen) atoms. The minimum atomic E-state index is 0.448. The Hall–Kier alpha value is -2.64. The lowest BCUT2D eigenvalue weighted by Gasteiger charge is -2.07. The second-order valence-corrected chi connectivity index (χ2v) is 3.77. The molecule has 0 spiro atoms. The number of nitrogen functional groups attached to an aromatic ring is 1. The third kappa shape index (κ3) is 1.95. The highest BCUT2D eigenvalue weighted by Gasteiger charge is 2.05. The van der Waals surface area contributed by atoms with E-state index < -0.39 is 0 Å². The first kappa shape index (κ1) is 10.5. The SMILES string of the molecule is Nc1cn2ccnc2c(NCCn2ccnn2)n1. The average molecular weight is 244 g/mol. The highest BCUT2D eigenvalue weighted by atomic mass is 15.4. The second kappa shape index (κ2) is 4.32. The second-order valence-electron chi connectivity index (χ2n) is 3.77. The summed E-state index contributed by atoms with van der Waals surface area (Å²) >= 11 is 0. The minimum Gasteiger partial charge on any atom is -0.382 e. The Morgan fingerprint density at radius 1 is 1.28 bits per heavy atom. The zero-order chi connectivity index (χ0) is 12.4. The standard InChI is InChI=1S/C10H12N8/c11-8-7-17-4-1-13-10(17)9(15-8)12-2-5-18-6-3-14-16-18/h1,3-4,6-7H,2,5,11H2,(H,12,15). The van der Waals surface area contributed by atoms with Gasteiger partial charge in [0.25, 0.3) is 0 Å². The van der Waals surface area contributed by atoms with Crippen LogP contribution in [0.2, 0.25) is 0 Å². The molecular weight excluding hydrogens is 232 g/mol. The molecule has 3 N–H and O–H groups in total. The zero-order valence-electron chi connectivity index (χ0n) is 9.56. The lowest BCUT2D eigenvalue weighted by atomic mass is 10.5. The fraction of sp³-hybridized carbons (Fsp3) is 0.200. The molecule has 0 saturated carbocycles. The smallest absolute Gasteiger partial charge is 0.180 e. The predicted molar refractivity (Wildman–Crippen MR) is 65.9 cm³/mol. The third-order valence-electron chi connectivity index (χ3n) is 2.50. The Morgan fingerprint density at radius 2 is 2.22 bits per heavy atom. The predicted octanol–water partition coefficient (Wildman–Crippen LogP) is 0.0151. The Labute approximate surface area is 102 Å². The van der Waals surface area contributed by atoms with E-state index in [9.17, 15) is 0 Å². The summed E-state index contributed by atoms with van der Waals surface area (Å²) in [7, 11) is 0. The van der Waals surface area contributed by atoms with Gasteiger partial charge >= 0.3 is 0 Å². The van der Waals surface area contributed by atoms with Gasteiger partial charge in [-0.2, -0.15) is 0 Å². The van der Waals surface area contributed by atoms with Crippen molar-refractivity contribution in [3.8, 4) is 0 Å². The van der Waals surface area contributed by atoms with E-state index in [4.69, 9.17) is 5.73 Å². The molecule has 0 aliphatic rings. The molecule has 92 valence electrons. The molecule has 0 aromatic carbocycles. The van der Waals surface area contributed by atoms with Crippen molar-refractivity contribution in [1.29, 1.82) is 0 Å². The molecule has 0 unspecified atom stereocenters. The first-order chi connectivity index (χ1) is 8.83. The van der Waals surface area contributed by atoms with Crippen LogP contribution in [-0.2, 0) is 6.54 Å². The first-order valence-corrected chi connectivity index (χ1v) is 5.50. The molecular formula is C10H12N8. The Balaban J connectivity index is 1.75. The van der Waals surface area contributed by atoms with Crippen LogP contribution in [0.1, 0.15) is 0 Å². The van der Waals surface area contributed by atoms with E-state index in [1.807, 2.05) is 10.6 Å². The van der Waals surface area contributed by atoms with Gasteiger partial charge in [-0.3, -0.25) is 4.68 Å². The number of rotatable bonds is 4. The highest BCUT2D eigenvalue weighted by Crippen LogP contribution is 2.13. The van der Waals surface area contributed by atoms with Crippen LogP contribution in [0.4, 0.5) is 11.6 Å². The van der Waals surface area contributed by atoms with Crippen molar-refractivity contribution in [3.63, 3.8) is 0 Å². The van der Waals surface area contributed by atoms with Gasteiger partial charge in [-0.1, -0.05) is 5.21 Å². The third-order valence-corrected chi connectivity index (χ3v) is 2.50. The molecule has 0 radical (unpaired) electrons. The summed E-state index contributed by atoms with van der Waals surface area (Å²) in [6.07, 6.45) is 8.71. The van der Waals surface area contributed by atoms with Gasteiger partial charge in [0.05, 0.1) is 18.9 Å². The molecule has 3 rings (SSSR count). The van der Waals surface area contributed by atoms with E-state index in [0.717, 1.165) is 5.65 Å². The van der Waals surface area contributed by atoms with Crippen molar-refractivity contribution in [2.45, 2.75) is 6.54 Å². The monoisotopic (exact) mass is 244 g/mol. The van der Waals surface area contributed by atoms with Gasteiger partial charge in [0, 0.05) is 25.1 Å². The van der Waals surface area contributed by atoms with Crippen LogP contribution in [0.25, 0.3) is 5.65 Å². The fourth-order valence-corrected chi connectivity index (χ4v) is 1.71. The molecule has 0 aliphatic heterocycles. The van der Waals surface area contributed by atoms with Crippen molar-refractivity contribution in [1.82, 2.24) is 29.4 Å². The molecule has 0 atom stereocenters. The summed E-state index contributed by atoms with van der Waals surface area (Å²) in [5.74, 6) is 1.11. The average Bonchev–Trinajstić information content (AvgIpc) is 2.98. The maximum absolute atomic E-state index is 5.72. The van der Waals surface area contributed by atoms with Gasteiger partial charge in [-0.05, 0) is 0 Å². The maximum Gasteiger partial charge on any atom is 0.180 e. The highest BCUT2D eigenvalue weighted by molar-refractivity contribution is 5.64. The first-order valence-electron chi connectivity index (χ1n) is 5.50. The van der Waals surface area contributed by atoms with Crippen LogP contribution in [0.5, 0.6) is 0 Å². The van der Waals surface area contributed by atoms with Gasteiger partial charge in [-0.25, -0.2) is 9.97 Å². The van der Waals surface area contributed by atoms with Gasteiger partial charge in [0.15, 0.2) is 11.5 Å². The van der Waals surface area contributed by atoms with Gasteiger partial charge in [0.2, 0.25) is 0 Å². The van der Waals surface area contributed by atoms with E-state index in [2.05, 4.69) is 25.6 Å². The lowest BCUT2D eigenvalue weighted by Crippen LogP contribution is -2.13. The van der Waals surface area contributed by atoms with Crippen molar-refractivity contribution in [2.24, 2.45) is 0 Å². The summed E-state index contributed by atoms with van der Waals surface area (Å²) in [6.45, 7) is 1.37. The van der Waals surface area contributed by atoms with Crippen LogP contribution < -0.4 is 11.1 Å². The van der Waals surface area contributed by atoms with E-state index in [1.165, 1.54) is 0 Å². The Kier molecular flexibility index (Phi) is 2.52. The van der Waals surface area contributed by atoms with Gasteiger partial charge in [-0.15, -0.1) is 5.10 Å². The molecule has 0 bridgehead atoms. The van der Waals surface area contributed by atoms with E-state index in [0.29, 0.717) is 24.7 Å². The van der Waals surface area contributed by atoms with Crippen LogP contribution in [0.15, 0.2) is 31.0 Å². The summed E-state index contributed by atoms with van der Waals surface area (Å²) in [5.41, 5.74) is 6.48. The number of hydrogen-bond acceptors (Lipinski definition) is 6. The number of anilines is 2. The fourth-order valence-electron chi connectivity index (χ4n) is 1.71. The summed E-state index contributed by atoms with van der Waals surface area (Å²) in [5, 5.41) is 10.8. The summed E-state index contributed by atoms with van der Waals surface area (Å²) in [6, 6.07) is 0. The Bertz CT molecular complexity index is 641. The lowest BCUT2D eigenvalue weighted by molar-refractivity contribution is 0.608. The molecule has 3 heterocycles. The number of nitrogens with zero attached hydrogens (tertiary/aromatic N) is 6. The number of nitrogens with one attached hydrogen (secondary N) is 1. The molecule has 0 amide bonds. The number of imidazole rings is 1. The van der Waals surface area contributed by atoms with Gasteiger partial charge < -0.3 is 15.5 Å². The summed E-state index contributed by atoms with van der Waals surface area (Å²) in [4.78, 5) is 8.45. The molecule has 3 aromatic rings. The largest absolute Gasteiger partial charge is 0.382 e. The van der Waals surface area contributed by atoms with Crippen molar-refractivity contribution >= 4 is 17.3 Å². The van der Waals surface area contributed by atoms with Crippen LogP contribution in [0.3, 0.4) is 0 Å². The van der Waals surface area contributed by atoms with Crippen molar-refractivity contribution in [3.05, 3.63) is 31.0 Å². The van der Waals surface area contributed by atoms with Crippen LogP contribution in [-0.4, -0.2) is 35.9 Å². The molecule has 8 heteroatoms. The molecule has 0 saturated heterocycles. The van der Waals surface area contributed by atoms with Gasteiger partial charge in [0.1, 0.15) is 5.82 Å². The summed E-state index contributed by atoms with van der Waals surface area (Å²) < 4.78 is 3.57. The maximum atomic E-state index is 5.72. The van der Waals surface area contributed by atoms with E-state index in [1.54, 1.807) is 29.5 Å². The number of fused-ring (bicyclic) bond motifs is 1. The van der Waals surface area contributed by atoms with Crippen molar-refractivity contribution < 1.29 is 0 Å². The van der Waals surface area contributed by atoms with Crippen molar-refractivity contribution in [2.75, 3.05) is 17.6 Å². The number of nitrogens with two attached hydrogens (primary N) is 1. The number of aromatic nitrogens is 6. The molecule has 3 aromatic heterocycles. The molecule has 0 aliphatic carbocycles. The zero-order valence-corrected chi connectivity index (χ0v) is 9.56. The molecule has 8 nitrogen and oxygen atoms in total. The van der Waals surface area contributed by atoms with E-state index in [-0.39, 0.29) is 0 Å². The van der Waals surface area contributed by atoms with Crippen LogP contribution in [0, 0.1) is 0 Å². The van der Waals surface area contributed by atoms with E-state index >= 15 is 0 Å². The van der Waals surface area contributed by atoms with Crippen LogP contribution >= 0.6 is 0 Å². The Morgan fingerprint density at radius 3 is 3.06 bits per heavy atom. The topological polar surface area (TPSA) is 99.0 Å². The number of hydrogen-bond donors (Lipinski definition) is 2. The normalized spacial score (nSPS) is 10.9. The quantitative estimate of drug-likeness (QED) is 0.671. The molecule has 0 fully saturated rings. The minimum absolute atomic E-state index is 0.448.